The molecule has 3 nitrogen and oxygen atoms in total. The van der Waals surface area contributed by atoms with Crippen molar-refractivity contribution in [3.63, 3.8) is 0 Å². The number of hydrogen-bond acceptors (Lipinski definition) is 3. The second-order valence-corrected chi connectivity index (χ2v) is 4.12. The summed E-state index contributed by atoms with van der Waals surface area (Å²) in [6.45, 7) is 3.49. The number of benzene rings is 1. The van der Waals surface area contributed by atoms with Gasteiger partial charge in [-0.25, -0.2) is 4.79 Å². The van der Waals surface area contributed by atoms with E-state index in [0.717, 1.165) is 5.56 Å². The smallest absolute Gasteiger partial charge is 0.338 e. The number of esters is 1. The lowest BCUT2D eigenvalue weighted by molar-refractivity contribution is -0.160. The molecular weight excluding hydrogens is 192 g/mol. The summed E-state index contributed by atoms with van der Waals surface area (Å²) in [6, 6.07) is 9.78. The number of carbonyl (C=O) groups is 1. The van der Waals surface area contributed by atoms with Crippen LogP contribution in [-0.2, 0) is 20.7 Å². The van der Waals surface area contributed by atoms with Gasteiger partial charge in [-0.3, -0.25) is 0 Å². The molecule has 0 N–H and O–H groups in total. The summed E-state index contributed by atoms with van der Waals surface area (Å²) in [6.07, 6.45) is 0.103. The lowest BCUT2D eigenvalue weighted by atomic mass is 10.1. The van der Waals surface area contributed by atoms with Crippen molar-refractivity contribution in [3.8, 4) is 0 Å². The van der Waals surface area contributed by atoms with Crippen molar-refractivity contribution in [2.24, 2.45) is 0 Å². The van der Waals surface area contributed by atoms with Gasteiger partial charge in [0.05, 0.1) is 0 Å². The number of hydrogen-bond donors (Lipinski definition) is 0. The molecule has 3 heteroatoms. The van der Waals surface area contributed by atoms with Gasteiger partial charge in [-0.2, -0.15) is 0 Å². The van der Waals surface area contributed by atoms with E-state index in [2.05, 4.69) is 0 Å². The van der Waals surface area contributed by atoms with Crippen molar-refractivity contribution in [2.75, 3.05) is 0 Å². The Morgan fingerprint density at radius 2 is 1.93 bits per heavy atom. The molecule has 1 saturated heterocycles. The van der Waals surface area contributed by atoms with E-state index < -0.39 is 11.9 Å². The maximum absolute atomic E-state index is 11.4. The van der Waals surface area contributed by atoms with E-state index in [0.29, 0.717) is 6.42 Å². The van der Waals surface area contributed by atoms with E-state index in [1.807, 2.05) is 30.3 Å². The molecule has 1 unspecified atom stereocenters. The molecule has 1 aromatic carbocycles. The minimum atomic E-state index is -0.781. The maximum atomic E-state index is 11.4. The van der Waals surface area contributed by atoms with E-state index in [-0.39, 0.29) is 5.97 Å². The van der Waals surface area contributed by atoms with Gasteiger partial charge in [0.2, 0.25) is 5.79 Å². The Balaban J connectivity index is 2.05. The molecule has 2 rings (SSSR count). The van der Waals surface area contributed by atoms with Crippen LogP contribution in [-0.4, -0.2) is 17.9 Å². The highest BCUT2D eigenvalue weighted by molar-refractivity contribution is 5.77. The minimum absolute atomic E-state index is 0.274. The average molecular weight is 206 g/mol. The third-order valence-electron chi connectivity index (χ3n) is 2.30. The lowest BCUT2D eigenvalue weighted by Gasteiger charge is -2.15. The van der Waals surface area contributed by atoms with E-state index in [9.17, 15) is 4.79 Å². The molecular formula is C12H14O3. The summed E-state index contributed by atoms with van der Waals surface area (Å²) in [5.41, 5.74) is 1.08. The molecule has 15 heavy (non-hydrogen) atoms. The first-order chi connectivity index (χ1) is 7.07. The SMILES string of the molecule is CC1(C)OC(=O)C(Cc2ccccc2)O1. The van der Waals surface area contributed by atoms with Crippen molar-refractivity contribution < 1.29 is 14.3 Å². The van der Waals surface area contributed by atoms with Crippen molar-refractivity contribution in [2.45, 2.75) is 32.2 Å². The highest BCUT2D eigenvalue weighted by atomic mass is 16.8. The predicted octanol–water partition coefficient (Wildman–Crippen LogP) is 1.91. The molecule has 1 fully saturated rings. The van der Waals surface area contributed by atoms with Crippen LogP contribution in [0.1, 0.15) is 19.4 Å². The van der Waals surface area contributed by atoms with Crippen LogP contribution >= 0.6 is 0 Å². The van der Waals surface area contributed by atoms with Crippen molar-refractivity contribution in [1.82, 2.24) is 0 Å². The molecule has 0 aromatic heterocycles. The van der Waals surface area contributed by atoms with Crippen LogP contribution in [0, 0.1) is 0 Å². The van der Waals surface area contributed by atoms with Crippen LogP contribution < -0.4 is 0 Å². The molecule has 1 aliphatic heterocycles. The Morgan fingerprint density at radius 3 is 2.47 bits per heavy atom. The summed E-state index contributed by atoms with van der Waals surface area (Å²) >= 11 is 0. The van der Waals surface area contributed by atoms with Crippen LogP contribution in [0.3, 0.4) is 0 Å². The van der Waals surface area contributed by atoms with Crippen LogP contribution in [0.4, 0.5) is 0 Å². The Labute approximate surface area is 89.0 Å². The van der Waals surface area contributed by atoms with Crippen molar-refractivity contribution in [3.05, 3.63) is 35.9 Å². The first-order valence-corrected chi connectivity index (χ1v) is 5.01. The van der Waals surface area contributed by atoms with Crippen molar-refractivity contribution >= 4 is 5.97 Å². The Morgan fingerprint density at radius 1 is 1.27 bits per heavy atom. The molecule has 0 bridgehead atoms. The zero-order valence-electron chi connectivity index (χ0n) is 8.90. The van der Waals surface area contributed by atoms with Gasteiger partial charge in [-0.05, 0) is 5.56 Å². The van der Waals surface area contributed by atoms with Crippen LogP contribution in [0.2, 0.25) is 0 Å². The standard InChI is InChI=1S/C12H14O3/c1-12(2)14-10(11(13)15-12)8-9-6-4-3-5-7-9/h3-7,10H,8H2,1-2H3. The van der Waals surface area contributed by atoms with Crippen LogP contribution in [0.5, 0.6) is 0 Å². The molecule has 0 radical (unpaired) electrons. The lowest BCUT2D eigenvalue weighted by Crippen LogP contribution is -2.22. The summed E-state index contributed by atoms with van der Waals surface area (Å²) in [4.78, 5) is 11.4. The van der Waals surface area contributed by atoms with E-state index in [1.165, 1.54) is 0 Å². The van der Waals surface area contributed by atoms with E-state index in [4.69, 9.17) is 9.47 Å². The molecule has 0 spiro atoms. The van der Waals surface area contributed by atoms with Gasteiger partial charge in [0.15, 0.2) is 6.10 Å². The van der Waals surface area contributed by atoms with Gasteiger partial charge in [0.25, 0.3) is 0 Å². The highest BCUT2D eigenvalue weighted by Gasteiger charge is 2.40. The number of cyclic esters (lactones) is 1. The monoisotopic (exact) mass is 206 g/mol. The van der Waals surface area contributed by atoms with Crippen LogP contribution in [0.25, 0.3) is 0 Å². The molecule has 0 amide bonds. The van der Waals surface area contributed by atoms with Gasteiger partial charge in [0.1, 0.15) is 0 Å². The van der Waals surface area contributed by atoms with E-state index in [1.54, 1.807) is 13.8 Å². The van der Waals surface area contributed by atoms with Gasteiger partial charge in [-0.15, -0.1) is 0 Å². The predicted molar refractivity (Wildman–Crippen MR) is 55.2 cm³/mol. The minimum Gasteiger partial charge on any atom is -0.432 e. The fourth-order valence-corrected chi connectivity index (χ4v) is 1.68. The first kappa shape index (κ1) is 10.2. The van der Waals surface area contributed by atoms with Gasteiger partial charge in [-0.1, -0.05) is 30.3 Å². The number of rotatable bonds is 2. The Hall–Kier alpha value is -1.35. The van der Waals surface area contributed by atoms with Crippen molar-refractivity contribution in [1.29, 1.82) is 0 Å². The van der Waals surface area contributed by atoms with E-state index >= 15 is 0 Å². The zero-order chi connectivity index (χ0) is 10.9. The third-order valence-corrected chi connectivity index (χ3v) is 2.30. The molecule has 1 aliphatic rings. The normalized spacial score (nSPS) is 23.9. The summed E-state index contributed by atoms with van der Waals surface area (Å²) in [5.74, 6) is -1.06. The quantitative estimate of drug-likeness (QED) is 0.693. The number of carbonyl (C=O) groups excluding carboxylic acids is 1. The maximum Gasteiger partial charge on any atom is 0.338 e. The van der Waals surface area contributed by atoms with Gasteiger partial charge in [0, 0.05) is 20.3 Å². The zero-order valence-corrected chi connectivity index (χ0v) is 8.90. The Bertz CT molecular complexity index is 356. The molecule has 1 heterocycles. The van der Waals surface area contributed by atoms with Gasteiger partial charge < -0.3 is 9.47 Å². The van der Waals surface area contributed by atoms with Gasteiger partial charge >= 0.3 is 5.97 Å². The summed E-state index contributed by atoms with van der Waals surface area (Å²) in [5, 5.41) is 0. The average Bonchev–Trinajstić information content (AvgIpc) is 2.41. The fourth-order valence-electron chi connectivity index (χ4n) is 1.68. The number of ether oxygens (including phenoxy) is 2. The first-order valence-electron chi connectivity index (χ1n) is 5.01. The molecule has 0 saturated carbocycles. The second kappa shape index (κ2) is 3.66. The highest BCUT2D eigenvalue weighted by Crippen LogP contribution is 2.25. The largest absolute Gasteiger partial charge is 0.432 e. The molecule has 80 valence electrons. The Kier molecular flexibility index (Phi) is 2.49. The summed E-state index contributed by atoms with van der Waals surface area (Å²) in [7, 11) is 0. The third kappa shape index (κ3) is 2.36. The second-order valence-electron chi connectivity index (χ2n) is 4.12. The summed E-state index contributed by atoms with van der Waals surface area (Å²) < 4.78 is 10.6. The molecule has 1 atom stereocenters. The molecule has 1 aromatic rings. The fraction of sp³-hybridized carbons (Fsp3) is 0.417. The van der Waals surface area contributed by atoms with Crippen LogP contribution in [0.15, 0.2) is 30.3 Å². The topological polar surface area (TPSA) is 35.5 Å². The molecule has 0 aliphatic carbocycles.